The fourth-order valence-electron chi connectivity index (χ4n) is 1.75. The average Bonchev–Trinajstić information content (AvgIpc) is 2.93. The third-order valence-corrected chi connectivity index (χ3v) is 3.77. The van der Waals surface area contributed by atoms with Crippen molar-refractivity contribution in [3.8, 4) is 5.75 Å². The van der Waals surface area contributed by atoms with Gasteiger partial charge in [-0.2, -0.15) is 0 Å². The number of likely N-dealkylation sites (N-methyl/N-ethyl adjacent to an activating group) is 1. The second-order valence-corrected chi connectivity index (χ2v) is 5.22. The number of thioether (sulfide) groups is 1. The van der Waals surface area contributed by atoms with Crippen molar-refractivity contribution in [2.24, 2.45) is 0 Å². The van der Waals surface area contributed by atoms with E-state index in [4.69, 9.17) is 4.74 Å². The molecule has 1 aromatic carbocycles. The van der Waals surface area contributed by atoms with Crippen LogP contribution in [0.5, 0.6) is 5.75 Å². The number of benzene rings is 1. The van der Waals surface area contributed by atoms with Crippen LogP contribution in [0.2, 0.25) is 0 Å². The van der Waals surface area contributed by atoms with Crippen molar-refractivity contribution < 1.29 is 9.53 Å². The van der Waals surface area contributed by atoms with Crippen molar-refractivity contribution in [1.82, 2.24) is 10.2 Å². The zero-order chi connectivity index (χ0) is 12.8. The zero-order valence-electron chi connectivity index (χ0n) is 10.9. The molecule has 1 heterocycles. The Kier molecular flexibility index (Phi) is 7.05. The van der Waals surface area contributed by atoms with Gasteiger partial charge in [0, 0.05) is 18.7 Å². The average molecular weight is 303 g/mol. The Labute approximate surface area is 124 Å². The Morgan fingerprint density at radius 2 is 2.21 bits per heavy atom. The number of carbonyl (C=O) groups excluding carboxylic acids is 1. The first kappa shape index (κ1) is 16.1. The van der Waals surface area contributed by atoms with Gasteiger partial charge in [-0.25, -0.2) is 0 Å². The van der Waals surface area contributed by atoms with E-state index in [9.17, 15) is 4.79 Å². The van der Waals surface area contributed by atoms with Crippen LogP contribution >= 0.6 is 24.2 Å². The van der Waals surface area contributed by atoms with Crippen LogP contribution in [-0.4, -0.2) is 48.7 Å². The number of halogens is 1. The van der Waals surface area contributed by atoms with Gasteiger partial charge in [-0.1, -0.05) is 18.2 Å². The topological polar surface area (TPSA) is 41.6 Å². The number of hydrogen-bond donors (Lipinski definition) is 1. The number of hydrogen-bond acceptors (Lipinski definition) is 4. The minimum Gasteiger partial charge on any atom is -0.492 e. The molecule has 19 heavy (non-hydrogen) atoms. The maximum absolute atomic E-state index is 12.0. The van der Waals surface area contributed by atoms with Gasteiger partial charge in [0.05, 0.1) is 12.6 Å². The van der Waals surface area contributed by atoms with Crippen LogP contribution in [0.15, 0.2) is 30.3 Å². The molecule has 0 bridgehead atoms. The Morgan fingerprint density at radius 1 is 1.47 bits per heavy atom. The second-order valence-electron chi connectivity index (χ2n) is 4.19. The Morgan fingerprint density at radius 3 is 2.84 bits per heavy atom. The molecule has 1 aliphatic heterocycles. The molecule has 1 unspecified atom stereocenters. The van der Waals surface area contributed by atoms with E-state index in [-0.39, 0.29) is 24.4 Å². The molecule has 1 aromatic rings. The molecule has 0 aliphatic carbocycles. The normalized spacial score (nSPS) is 17.6. The molecule has 1 amide bonds. The van der Waals surface area contributed by atoms with Crippen LogP contribution in [0.3, 0.4) is 0 Å². The SMILES string of the molecule is CN(CCOc1ccccc1)C(=O)C1CSCN1.Cl. The van der Waals surface area contributed by atoms with Crippen molar-refractivity contribution in [1.29, 1.82) is 0 Å². The molecule has 6 heteroatoms. The van der Waals surface area contributed by atoms with E-state index in [1.54, 1.807) is 16.7 Å². The number of rotatable bonds is 5. The van der Waals surface area contributed by atoms with Crippen LogP contribution in [0, 0.1) is 0 Å². The number of nitrogens with one attached hydrogen (secondary N) is 1. The van der Waals surface area contributed by atoms with Crippen LogP contribution in [0.1, 0.15) is 0 Å². The summed E-state index contributed by atoms with van der Waals surface area (Å²) in [5.74, 6) is 2.72. The number of ether oxygens (including phenoxy) is 1. The molecule has 4 nitrogen and oxygen atoms in total. The van der Waals surface area contributed by atoms with Crippen LogP contribution in [0.4, 0.5) is 0 Å². The summed E-state index contributed by atoms with van der Waals surface area (Å²) in [4.78, 5) is 13.7. The lowest BCUT2D eigenvalue weighted by Gasteiger charge is -2.20. The van der Waals surface area contributed by atoms with Gasteiger partial charge in [0.1, 0.15) is 12.4 Å². The molecule has 1 saturated heterocycles. The number of nitrogens with zero attached hydrogens (tertiary/aromatic N) is 1. The highest BCUT2D eigenvalue weighted by Crippen LogP contribution is 2.11. The second kappa shape index (κ2) is 8.30. The highest BCUT2D eigenvalue weighted by molar-refractivity contribution is 7.99. The summed E-state index contributed by atoms with van der Waals surface area (Å²) in [6, 6.07) is 9.62. The van der Waals surface area contributed by atoms with Gasteiger partial charge in [0.25, 0.3) is 0 Å². The molecule has 1 fully saturated rings. The Balaban J connectivity index is 0.00000180. The van der Waals surface area contributed by atoms with E-state index >= 15 is 0 Å². The molecule has 1 N–H and O–H groups in total. The van der Waals surface area contributed by atoms with Crippen molar-refractivity contribution in [3.05, 3.63) is 30.3 Å². The number of carbonyl (C=O) groups is 1. The minimum atomic E-state index is -0.0308. The monoisotopic (exact) mass is 302 g/mol. The lowest BCUT2D eigenvalue weighted by Crippen LogP contribution is -2.44. The summed E-state index contributed by atoms with van der Waals surface area (Å²) in [5.41, 5.74) is 0. The largest absolute Gasteiger partial charge is 0.492 e. The van der Waals surface area contributed by atoms with Gasteiger partial charge >= 0.3 is 0 Å². The summed E-state index contributed by atoms with van der Waals surface area (Å²) in [6.45, 7) is 1.13. The number of amides is 1. The van der Waals surface area contributed by atoms with E-state index in [0.29, 0.717) is 13.2 Å². The highest BCUT2D eigenvalue weighted by Gasteiger charge is 2.25. The summed E-state index contributed by atoms with van der Waals surface area (Å²) in [5, 5.41) is 3.18. The maximum Gasteiger partial charge on any atom is 0.240 e. The predicted molar refractivity (Wildman–Crippen MR) is 81.1 cm³/mol. The van der Waals surface area contributed by atoms with Crippen LogP contribution in [0.25, 0.3) is 0 Å². The van der Waals surface area contributed by atoms with E-state index < -0.39 is 0 Å². The Hall–Kier alpha value is -0.910. The molecule has 0 radical (unpaired) electrons. The van der Waals surface area contributed by atoms with Crippen LogP contribution in [-0.2, 0) is 4.79 Å². The first-order chi connectivity index (χ1) is 8.77. The van der Waals surface area contributed by atoms with E-state index in [0.717, 1.165) is 17.4 Å². The fraction of sp³-hybridized carbons (Fsp3) is 0.462. The van der Waals surface area contributed by atoms with E-state index in [2.05, 4.69) is 5.32 Å². The molecule has 0 spiro atoms. The van der Waals surface area contributed by atoms with Crippen LogP contribution < -0.4 is 10.1 Å². The van der Waals surface area contributed by atoms with Gasteiger partial charge in [-0.15, -0.1) is 24.2 Å². The van der Waals surface area contributed by atoms with Crippen molar-refractivity contribution in [3.63, 3.8) is 0 Å². The molecule has 106 valence electrons. The standard InChI is InChI=1S/C13H18N2O2S.ClH/c1-15(13(16)12-9-18-10-14-12)7-8-17-11-5-3-2-4-6-11;/h2-6,12,14H,7-10H2,1H3;1H. The summed E-state index contributed by atoms with van der Waals surface area (Å²) in [6.07, 6.45) is 0. The van der Waals surface area contributed by atoms with Crippen molar-refractivity contribution in [2.75, 3.05) is 31.8 Å². The molecule has 0 saturated carbocycles. The zero-order valence-corrected chi connectivity index (χ0v) is 12.5. The lowest BCUT2D eigenvalue weighted by molar-refractivity contribution is -0.131. The van der Waals surface area contributed by atoms with Gasteiger partial charge < -0.3 is 9.64 Å². The highest BCUT2D eigenvalue weighted by atomic mass is 35.5. The summed E-state index contributed by atoms with van der Waals surface area (Å²) < 4.78 is 5.57. The molecular weight excluding hydrogens is 284 g/mol. The fourth-order valence-corrected chi connectivity index (χ4v) is 2.68. The van der Waals surface area contributed by atoms with Gasteiger partial charge in [0.2, 0.25) is 5.91 Å². The quantitative estimate of drug-likeness (QED) is 0.897. The lowest BCUT2D eigenvalue weighted by atomic mass is 10.3. The summed E-state index contributed by atoms with van der Waals surface area (Å²) in [7, 11) is 1.82. The third-order valence-electron chi connectivity index (χ3n) is 2.83. The van der Waals surface area contributed by atoms with Gasteiger partial charge in [0.15, 0.2) is 0 Å². The third kappa shape index (κ3) is 4.93. The predicted octanol–water partition coefficient (Wildman–Crippen LogP) is 1.61. The van der Waals surface area contributed by atoms with Crippen molar-refractivity contribution >= 4 is 30.1 Å². The molecule has 2 rings (SSSR count). The van der Waals surface area contributed by atoms with Gasteiger partial charge in [-0.3, -0.25) is 10.1 Å². The smallest absolute Gasteiger partial charge is 0.240 e. The maximum atomic E-state index is 12.0. The molecule has 1 atom stereocenters. The molecule has 1 aliphatic rings. The first-order valence-electron chi connectivity index (χ1n) is 6.01. The Bertz CT molecular complexity index is 385. The van der Waals surface area contributed by atoms with Gasteiger partial charge in [-0.05, 0) is 12.1 Å². The minimum absolute atomic E-state index is 0. The summed E-state index contributed by atoms with van der Waals surface area (Å²) >= 11 is 1.76. The number of para-hydroxylation sites is 1. The first-order valence-corrected chi connectivity index (χ1v) is 7.17. The van der Waals surface area contributed by atoms with Crippen molar-refractivity contribution in [2.45, 2.75) is 6.04 Å². The molecular formula is C13H19ClN2O2S. The van der Waals surface area contributed by atoms with E-state index in [1.807, 2.05) is 37.4 Å². The molecule has 0 aromatic heterocycles. The van der Waals surface area contributed by atoms with E-state index in [1.165, 1.54) is 0 Å².